The predicted molar refractivity (Wildman–Crippen MR) is 75.0 cm³/mol. The van der Waals surface area contributed by atoms with Crippen molar-refractivity contribution in [3.05, 3.63) is 29.8 Å². The van der Waals surface area contributed by atoms with E-state index in [9.17, 15) is 0 Å². The van der Waals surface area contributed by atoms with Crippen molar-refractivity contribution >= 4 is 11.8 Å². The highest BCUT2D eigenvalue weighted by Crippen LogP contribution is 2.24. The molecule has 1 aromatic carbocycles. The Kier molecular flexibility index (Phi) is 5.86. The quantitative estimate of drug-likeness (QED) is 0.791. The maximum Gasteiger partial charge on any atom is 0.119 e. The summed E-state index contributed by atoms with van der Waals surface area (Å²) in [4.78, 5) is 0. The molecule has 0 aliphatic rings. The van der Waals surface area contributed by atoms with Crippen LogP contribution in [0.2, 0.25) is 0 Å². The molecule has 0 amide bonds. The fourth-order valence-electron chi connectivity index (χ4n) is 1.44. The molecule has 0 aliphatic heterocycles. The van der Waals surface area contributed by atoms with Gasteiger partial charge in [0, 0.05) is 11.5 Å². The number of ether oxygens (including phenoxy) is 1. The van der Waals surface area contributed by atoms with E-state index in [0.717, 1.165) is 17.3 Å². The van der Waals surface area contributed by atoms with Gasteiger partial charge in [0.1, 0.15) is 5.75 Å². The van der Waals surface area contributed by atoms with E-state index in [2.05, 4.69) is 32.9 Å². The van der Waals surface area contributed by atoms with Crippen molar-refractivity contribution in [2.75, 3.05) is 24.7 Å². The molecule has 1 aromatic rings. The van der Waals surface area contributed by atoms with Gasteiger partial charge in [-0.3, -0.25) is 0 Å². The Bertz CT molecular complexity index is 314. The third-order valence-electron chi connectivity index (χ3n) is 2.45. The molecule has 0 fully saturated rings. The predicted octanol–water partition coefficient (Wildman–Crippen LogP) is 3.09. The van der Waals surface area contributed by atoms with Crippen LogP contribution >= 0.6 is 11.8 Å². The van der Waals surface area contributed by atoms with E-state index in [-0.39, 0.29) is 12.0 Å². The maximum atomic E-state index is 8.63. The maximum absolute atomic E-state index is 8.63. The average Bonchev–Trinajstić information content (AvgIpc) is 2.28. The van der Waals surface area contributed by atoms with Gasteiger partial charge in [-0.2, -0.15) is 11.8 Å². The minimum absolute atomic E-state index is 0.190. The minimum Gasteiger partial charge on any atom is -0.493 e. The molecular formula is C14H22O2S. The summed E-state index contributed by atoms with van der Waals surface area (Å²) in [6.45, 7) is 7.54. The lowest BCUT2D eigenvalue weighted by Crippen LogP contribution is -2.10. The first-order chi connectivity index (χ1) is 8.04. The summed E-state index contributed by atoms with van der Waals surface area (Å²) in [6, 6.07) is 8.29. The Balaban J connectivity index is 2.36. The standard InChI is InChI=1S/C14H22O2S/c1-14(2,3)12-4-6-13(7-5-12)16-9-11-17-10-8-15/h4-7,15H,8-11H2,1-3H3. The van der Waals surface area contributed by atoms with Crippen LogP contribution in [0.25, 0.3) is 0 Å². The molecule has 1 rings (SSSR count). The van der Waals surface area contributed by atoms with Gasteiger partial charge in [-0.25, -0.2) is 0 Å². The van der Waals surface area contributed by atoms with Gasteiger partial charge in [0.05, 0.1) is 13.2 Å². The van der Waals surface area contributed by atoms with E-state index >= 15 is 0 Å². The largest absolute Gasteiger partial charge is 0.493 e. The van der Waals surface area contributed by atoms with Crippen LogP contribution in [-0.4, -0.2) is 29.8 Å². The Morgan fingerprint density at radius 1 is 1.12 bits per heavy atom. The average molecular weight is 254 g/mol. The van der Waals surface area contributed by atoms with Crippen LogP contribution in [0, 0.1) is 0 Å². The van der Waals surface area contributed by atoms with E-state index in [0.29, 0.717) is 6.61 Å². The van der Waals surface area contributed by atoms with E-state index in [1.807, 2.05) is 12.1 Å². The molecule has 0 unspecified atom stereocenters. The number of benzene rings is 1. The van der Waals surface area contributed by atoms with E-state index in [1.54, 1.807) is 11.8 Å². The molecule has 0 heterocycles. The molecule has 0 aromatic heterocycles. The highest BCUT2D eigenvalue weighted by atomic mass is 32.2. The summed E-state index contributed by atoms with van der Waals surface area (Å²) in [7, 11) is 0. The topological polar surface area (TPSA) is 29.5 Å². The van der Waals surface area contributed by atoms with Crippen LogP contribution in [0.5, 0.6) is 5.75 Å². The van der Waals surface area contributed by atoms with E-state index in [1.165, 1.54) is 5.56 Å². The molecule has 17 heavy (non-hydrogen) atoms. The summed E-state index contributed by atoms with van der Waals surface area (Å²) in [5.41, 5.74) is 1.51. The zero-order chi connectivity index (χ0) is 12.7. The molecule has 3 heteroatoms. The van der Waals surface area contributed by atoms with Crippen LogP contribution < -0.4 is 4.74 Å². The first kappa shape index (κ1) is 14.4. The normalized spacial score (nSPS) is 11.5. The zero-order valence-corrected chi connectivity index (χ0v) is 11.7. The highest BCUT2D eigenvalue weighted by Gasteiger charge is 2.12. The third-order valence-corrected chi connectivity index (χ3v) is 3.38. The minimum atomic E-state index is 0.190. The molecule has 0 saturated heterocycles. The summed E-state index contributed by atoms with van der Waals surface area (Å²) >= 11 is 1.70. The molecule has 0 saturated carbocycles. The molecule has 0 bridgehead atoms. The number of aliphatic hydroxyl groups excluding tert-OH is 1. The summed E-state index contributed by atoms with van der Waals surface area (Å²) < 4.78 is 5.62. The van der Waals surface area contributed by atoms with Gasteiger partial charge in [0.15, 0.2) is 0 Å². The lowest BCUT2D eigenvalue weighted by atomic mass is 9.87. The van der Waals surface area contributed by atoms with Crippen molar-refractivity contribution in [1.29, 1.82) is 0 Å². The monoisotopic (exact) mass is 254 g/mol. The number of hydrogen-bond donors (Lipinski definition) is 1. The Morgan fingerprint density at radius 2 is 1.76 bits per heavy atom. The van der Waals surface area contributed by atoms with E-state index in [4.69, 9.17) is 9.84 Å². The Hall–Kier alpha value is -0.670. The van der Waals surface area contributed by atoms with Crippen LogP contribution in [0.15, 0.2) is 24.3 Å². The number of aliphatic hydroxyl groups is 1. The van der Waals surface area contributed by atoms with Gasteiger partial charge in [0.25, 0.3) is 0 Å². The van der Waals surface area contributed by atoms with Crippen LogP contribution in [0.4, 0.5) is 0 Å². The fourth-order valence-corrected chi connectivity index (χ4v) is 1.97. The summed E-state index contributed by atoms with van der Waals surface area (Å²) in [6.07, 6.45) is 0. The molecule has 0 atom stereocenters. The van der Waals surface area contributed by atoms with Gasteiger partial charge in [-0.1, -0.05) is 32.9 Å². The van der Waals surface area contributed by atoms with E-state index < -0.39 is 0 Å². The molecule has 0 aliphatic carbocycles. The first-order valence-electron chi connectivity index (χ1n) is 5.96. The third kappa shape index (κ3) is 5.46. The zero-order valence-electron chi connectivity index (χ0n) is 10.9. The first-order valence-corrected chi connectivity index (χ1v) is 7.11. The van der Waals surface area contributed by atoms with Gasteiger partial charge in [-0.15, -0.1) is 0 Å². The number of hydrogen-bond acceptors (Lipinski definition) is 3. The molecular weight excluding hydrogens is 232 g/mol. The van der Waals surface area contributed by atoms with Gasteiger partial charge in [0.2, 0.25) is 0 Å². The van der Waals surface area contributed by atoms with Crippen molar-refractivity contribution in [3.63, 3.8) is 0 Å². The summed E-state index contributed by atoms with van der Waals surface area (Å²) in [5.74, 6) is 2.62. The van der Waals surface area contributed by atoms with Crippen molar-refractivity contribution < 1.29 is 9.84 Å². The fraction of sp³-hybridized carbons (Fsp3) is 0.571. The molecule has 0 radical (unpaired) electrons. The van der Waals surface area contributed by atoms with Crippen molar-refractivity contribution in [2.24, 2.45) is 0 Å². The summed E-state index contributed by atoms with van der Waals surface area (Å²) in [5, 5.41) is 8.63. The number of rotatable bonds is 6. The second-order valence-electron chi connectivity index (χ2n) is 4.96. The second kappa shape index (κ2) is 6.92. The molecule has 2 nitrogen and oxygen atoms in total. The van der Waals surface area contributed by atoms with Crippen molar-refractivity contribution in [2.45, 2.75) is 26.2 Å². The SMILES string of the molecule is CC(C)(C)c1ccc(OCCSCCO)cc1. The highest BCUT2D eigenvalue weighted by molar-refractivity contribution is 7.99. The number of thioether (sulfide) groups is 1. The van der Waals surface area contributed by atoms with Crippen LogP contribution in [0.1, 0.15) is 26.3 Å². The Morgan fingerprint density at radius 3 is 2.29 bits per heavy atom. The molecule has 1 N–H and O–H groups in total. The Labute approximate surface area is 108 Å². The van der Waals surface area contributed by atoms with Crippen molar-refractivity contribution in [1.82, 2.24) is 0 Å². The van der Waals surface area contributed by atoms with Crippen molar-refractivity contribution in [3.8, 4) is 5.75 Å². The molecule has 0 spiro atoms. The smallest absolute Gasteiger partial charge is 0.119 e. The van der Waals surface area contributed by atoms with Crippen LogP contribution in [0.3, 0.4) is 0 Å². The van der Waals surface area contributed by atoms with Crippen LogP contribution in [-0.2, 0) is 5.41 Å². The van der Waals surface area contributed by atoms with Gasteiger partial charge in [-0.05, 0) is 23.1 Å². The van der Waals surface area contributed by atoms with Gasteiger partial charge >= 0.3 is 0 Å². The second-order valence-corrected chi connectivity index (χ2v) is 6.18. The van der Waals surface area contributed by atoms with Gasteiger partial charge < -0.3 is 9.84 Å². The lowest BCUT2D eigenvalue weighted by Gasteiger charge is -2.19. The lowest BCUT2D eigenvalue weighted by molar-refractivity contribution is 0.321. The molecule has 96 valence electrons.